The summed E-state index contributed by atoms with van der Waals surface area (Å²) in [7, 11) is 1.51. The highest BCUT2D eigenvalue weighted by atomic mass is 16.5. The molecule has 0 heterocycles. The van der Waals surface area contributed by atoms with Gasteiger partial charge in [-0.05, 0) is 42.7 Å². The lowest BCUT2D eigenvalue weighted by Gasteiger charge is -2.22. The van der Waals surface area contributed by atoms with Crippen LogP contribution in [0.4, 0.5) is 0 Å². The Morgan fingerprint density at radius 3 is 2.47 bits per heavy atom. The predicted octanol–water partition coefficient (Wildman–Crippen LogP) is 2.80. The van der Waals surface area contributed by atoms with Gasteiger partial charge in [0, 0.05) is 13.1 Å². The topological polar surface area (TPSA) is 110 Å². The molecule has 0 aliphatic carbocycles. The van der Waals surface area contributed by atoms with Gasteiger partial charge in [0.05, 0.1) is 12.7 Å². The number of hydrogen-bond donors (Lipinski definition) is 2. The van der Waals surface area contributed by atoms with Crippen molar-refractivity contribution in [2.75, 3.05) is 20.3 Å². The number of amides is 2. The molecule has 0 aromatic heterocycles. The number of nitrogens with zero attached hydrogens (tertiary/aromatic N) is 1. The van der Waals surface area contributed by atoms with E-state index in [-0.39, 0.29) is 30.9 Å². The fourth-order valence-corrected chi connectivity index (χ4v) is 2.91. The van der Waals surface area contributed by atoms with Gasteiger partial charge in [0.15, 0.2) is 24.2 Å². The number of hydrogen-bond acceptors (Lipinski definition) is 6. The molecule has 2 N–H and O–H groups in total. The molecule has 2 rings (SSSR count). The van der Waals surface area contributed by atoms with Gasteiger partial charge in [0.1, 0.15) is 11.8 Å². The number of likely N-dealkylation sites (N-methyl/N-ethyl adjacent to an activating group) is 1. The molecule has 0 radical (unpaired) electrons. The molecular formula is C24H29N3O5. The van der Waals surface area contributed by atoms with Crippen molar-refractivity contribution in [1.82, 2.24) is 10.6 Å². The van der Waals surface area contributed by atoms with E-state index >= 15 is 0 Å². The summed E-state index contributed by atoms with van der Waals surface area (Å²) in [5, 5.41) is 14.8. The Morgan fingerprint density at radius 2 is 1.81 bits per heavy atom. The quantitative estimate of drug-likeness (QED) is 0.557. The summed E-state index contributed by atoms with van der Waals surface area (Å²) in [6.45, 7) is 6.25. The second-order valence-corrected chi connectivity index (χ2v) is 7.34. The fraction of sp³-hybridized carbons (Fsp3) is 0.375. The third-order valence-electron chi connectivity index (χ3n) is 4.55. The SMILES string of the molecule is CCNC(=O)COc1ccc(CNC(=O)C(Oc2ccccc2C#N)C(C)C)cc1OC. The van der Waals surface area contributed by atoms with Gasteiger partial charge in [-0.3, -0.25) is 9.59 Å². The van der Waals surface area contributed by atoms with Gasteiger partial charge in [-0.2, -0.15) is 5.26 Å². The number of ether oxygens (including phenoxy) is 3. The Balaban J connectivity index is 2.03. The van der Waals surface area contributed by atoms with Crippen molar-refractivity contribution in [3.8, 4) is 23.3 Å². The molecule has 0 aliphatic heterocycles. The molecule has 1 atom stereocenters. The van der Waals surface area contributed by atoms with E-state index in [1.807, 2.05) is 20.8 Å². The number of nitriles is 1. The van der Waals surface area contributed by atoms with Gasteiger partial charge in [0.2, 0.25) is 0 Å². The number of carbonyl (C=O) groups is 2. The van der Waals surface area contributed by atoms with E-state index in [2.05, 4.69) is 16.7 Å². The van der Waals surface area contributed by atoms with Crippen molar-refractivity contribution in [2.45, 2.75) is 33.4 Å². The average Bonchev–Trinajstić information content (AvgIpc) is 2.80. The first-order valence-electron chi connectivity index (χ1n) is 10.4. The minimum atomic E-state index is -0.758. The molecule has 32 heavy (non-hydrogen) atoms. The molecule has 2 aromatic carbocycles. The summed E-state index contributed by atoms with van der Waals surface area (Å²) in [5.74, 6) is 0.651. The predicted molar refractivity (Wildman–Crippen MR) is 119 cm³/mol. The van der Waals surface area contributed by atoms with Crippen LogP contribution in [-0.4, -0.2) is 38.2 Å². The third kappa shape index (κ3) is 6.91. The summed E-state index contributed by atoms with van der Waals surface area (Å²) in [4.78, 5) is 24.4. The summed E-state index contributed by atoms with van der Waals surface area (Å²) < 4.78 is 16.7. The molecule has 0 aliphatic rings. The van der Waals surface area contributed by atoms with Crippen LogP contribution < -0.4 is 24.8 Å². The molecule has 1 unspecified atom stereocenters. The first-order valence-corrected chi connectivity index (χ1v) is 10.4. The van der Waals surface area contributed by atoms with Crippen molar-refractivity contribution < 1.29 is 23.8 Å². The lowest BCUT2D eigenvalue weighted by Crippen LogP contribution is -2.41. The number of para-hydroxylation sites is 1. The number of nitrogens with one attached hydrogen (secondary N) is 2. The van der Waals surface area contributed by atoms with Gasteiger partial charge in [-0.25, -0.2) is 0 Å². The highest BCUT2D eigenvalue weighted by molar-refractivity contribution is 5.81. The lowest BCUT2D eigenvalue weighted by molar-refractivity contribution is -0.130. The Labute approximate surface area is 188 Å². The van der Waals surface area contributed by atoms with Crippen LogP contribution >= 0.6 is 0 Å². The molecule has 0 saturated carbocycles. The minimum absolute atomic E-state index is 0.110. The number of carbonyl (C=O) groups excluding carboxylic acids is 2. The monoisotopic (exact) mass is 439 g/mol. The number of benzene rings is 2. The smallest absolute Gasteiger partial charge is 0.261 e. The van der Waals surface area contributed by atoms with Gasteiger partial charge < -0.3 is 24.8 Å². The van der Waals surface area contributed by atoms with E-state index in [1.54, 1.807) is 42.5 Å². The van der Waals surface area contributed by atoms with Crippen LogP contribution in [0.1, 0.15) is 31.9 Å². The largest absolute Gasteiger partial charge is 0.493 e. The summed E-state index contributed by atoms with van der Waals surface area (Å²) in [6.07, 6.45) is -0.758. The second kappa shape index (κ2) is 12.2. The number of methoxy groups -OCH3 is 1. The van der Waals surface area contributed by atoms with Crippen molar-refractivity contribution in [3.05, 3.63) is 53.6 Å². The maximum Gasteiger partial charge on any atom is 0.261 e. The summed E-state index contributed by atoms with van der Waals surface area (Å²) >= 11 is 0. The molecule has 0 fully saturated rings. The molecule has 0 bridgehead atoms. The molecule has 2 aromatic rings. The van der Waals surface area contributed by atoms with Crippen LogP contribution in [0.5, 0.6) is 17.2 Å². The van der Waals surface area contributed by atoms with Crippen molar-refractivity contribution >= 4 is 11.8 Å². The second-order valence-electron chi connectivity index (χ2n) is 7.34. The van der Waals surface area contributed by atoms with Crippen LogP contribution in [0.25, 0.3) is 0 Å². The molecule has 170 valence electrons. The van der Waals surface area contributed by atoms with Gasteiger partial charge in [-0.1, -0.05) is 32.0 Å². The average molecular weight is 440 g/mol. The van der Waals surface area contributed by atoms with E-state index < -0.39 is 6.10 Å². The molecule has 0 spiro atoms. The lowest BCUT2D eigenvalue weighted by atomic mass is 10.1. The minimum Gasteiger partial charge on any atom is -0.493 e. The van der Waals surface area contributed by atoms with Gasteiger partial charge in [0.25, 0.3) is 11.8 Å². The zero-order valence-electron chi connectivity index (χ0n) is 18.8. The molecular weight excluding hydrogens is 410 g/mol. The fourth-order valence-electron chi connectivity index (χ4n) is 2.91. The normalized spacial score (nSPS) is 11.2. The van der Waals surface area contributed by atoms with Crippen molar-refractivity contribution in [3.63, 3.8) is 0 Å². The Morgan fingerprint density at radius 1 is 1.06 bits per heavy atom. The van der Waals surface area contributed by atoms with Crippen LogP contribution in [0.15, 0.2) is 42.5 Å². The van der Waals surface area contributed by atoms with E-state index in [0.29, 0.717) is 29.4 Å². The zero-order valence-corrected chi connectivity index (χ0v) is 18.8. The highest BCUT2D eigenvalue weighted by Gasteiger charge is 2.25. The van der Waals surface area contributed by atoms with Crippen LogP contribution in [0, 0.1) is 17.2 Å². The molecule has 8 heteroatoms. The van der Waals surface area contributed by atoms with Gasteiger partial charge in [-0.15, -0.1) is 0 Å². The van der Waals surface area contributed by atoms with E-state index in [4.69, 9.17) is 14.2 Å². The molecule has 0 saturated heterocycles. The summed E-state index contributed by atoms with van der Waals surface area (Å²) in [6, 6.07) is 14.1. The highest BCUT2D eigenvalue weighted by Crippen LogP contribution is 2.28. The van der Waals surface area contributed by atoms with E-state index in [9.17, 15) is 14.9 Å². The van der Waals surface area contributed by atoms with Crippen LogP contribution in [-0.2, 0) is 16.1 Å². The Bertz CT molecular complexity index is 968. The standard InChI is InChI=1S/C24H29N3O5/c1-5-26-22(28)15-31-20-11-10-17(12-21(20)30-4)14-27-24(29)23(16(2)3)32-19-9-7-6-8-18(19)13-25/h6-12,16,23H,5,14-15H2,1-4H3,(H,26,28)(H,27,29). The summed E-state index contributed by atoms with van der Waals surface area (Å²) in [5.41, 5.74) is 1.17. The van der Waals surface area contributed by atoms with Crippen LogP contribution in [0.2, 0.25) is 0 Å². The first-order chi connectivity index (χ1) is 15.4. The van der Waals surface area contributed by atoms with Crippen molar-refractivity contribution in [2.24, 2.45) is 5.92 Å². The van der Waals surface area contributed by atoms with Crippen molar-refractivity contribution in [1.29, 1.82) is 5.26 Å². The Hall–Kier alpha value is -3.73. The van der Waals surface area contributed by atoms with Crippen LogP contribution in [0.3, 0.4) is 0 Å². The number of rotatable bonds is 11. The molecule has 2 amide bonds. The molecule has 8 nitrogen and oxygen atoms in total. The third-order valence-corrected chi connectivity index (χ3v) is 4.55. The van der Waals surface area contributed by atoms with E-state index in [0.717, 1.165) is 5.56 Å². The van der Waals surface area contributed by atoms with Gasteiger partial charge >= 0.3 is 0 Å². The maximum absolute atomic E-state index is 12.8. The zero-order chi connectivity index (χ0) is 23.5. The Kier molecular flexibility index (Phi) is 9.36. The van der Waals surface area contributed by atoms with E-state index in [1.165, 1.54) is 7.11 Å². The first kappa shape index (κ1) is 24.5. The maximum atomic E-state index is 12.8.